The van der Waals surface area contributed by atoms with Crippen molar-refractivity contribution in [3.05, 3.63) is 58.6 Å². The largest absolute Gasteiger partial charge is 0.471 e. The Kier molecular flexibility index (Phi) is 9.11. The summed E-state index contributed by atoms with van der Waals surface area (Å²) in [5.41, 5.74) is -0.138. The summed E-state index contributed by atoms with van der Waals surface area (Å²) >= 11 is 6.72. The van der Waals surface area contributed by atoms with Crippen LogP contribution in [0.4, 0.5) is 10.5 Å². The van der Waals surface area contributed by atoms with Gasteiger partial charge >= 0.3 is 6.09 Å². The first-order valence-electron chi connectivity index (χ1n) is 13.9. The van der Waals surface area contributed by atoms with Gasteiger partial charge < -0.3 is 29.9 Å². The van der Waals surface area contributed by atoms with E-state index >= 15 is 0 Å². The first kappa shape index (κ1) is 30.2. The molecule has 2 aliphatic rings. The van der Waals surface area contributed by atoms with Crippen molar-refractivity contribution in [2.45, 2.75) is 64.6 Å². The number of carbonyl (C=O) groups is 4. The van der Waals surface area contributed by atoms with Gasteiger partial charge in [-0.25, -0.2) is 4.79 Å². The SMILES string of the molecule is CCC(=O)NCCN1C(=O)C(C)(c2ccccc2)Oc2cc(Cl)c(C(=O)N(C(C)C)[C@@H]3CCCN(C(=O)O)C3)cc21. The summed E-state index contributed by atoms with van der Waals surface area (Å²) in [5.74, 6) is -0.495. The van der Waals surface area contributed by atoms with E-state index in [4.69, 9.17) is 16.3 Å². The van der Waals surface area contributed by atoms with E-state index in [9.17, 15) is 24.3 Å². The predicted octanol–water partition coefficient (Wildman–Crippen LogP) is 4.50. The third-order valence-electron chi connectivity index (χ3n) is 7.69. The normalized spacial score (nSPS) is 20.3. The average Bonchev–Trinajstić information content (AvgIpc) is 2.95. The molecule has 2 atom stereocenters. The van der Waals surface area contributed by atoms with Gasteiger partial charge in [0.15, 0.2) is 0 Å². The molecular weight excluding hydrogens is 548 g/mol. The van der Waals surface area contributed by atoms with E-state index in [0.717, 1.165) is 0 Å². The Morgan fingerprint density at radius 2 is 1.93 bits per heavy atom. The molecule has 4 rings (SSSR count). The van der Waals surface area contributed by atoms with Crippen LogP contribution in [0, 0.1) is 0 Å². The number of hydrogen-bond donors (Lipinski definition) is 2. The standard InChI is InChI=1S/C30H37ClN4O6/c1-5-26(36)32-13-15-34-24-16-22(27(37)35(19(2)3)21-12-9-14-33(18-21)29(39)40)23(31)17-25(24)41-30(4,28(34)38)20-10-7-6-8-11-20/h6-8,10-11,16-17,19,21H,5,9,12-15,18H2,1-4H3,(H,32,36)(H,39,40)/t21-,30?/m1/s1. The molecule has 2 N–H and O–H groups in total. The van der Waals surface area contributed by atoms with E-state index in [1.165, 1.54) is 9.80 Å². The Balaban J connectivity index is 1.74. The molecule has 0 aromatic heterocycles. The number of likely N-dealkylation sites (tertiary alicyclic amines) is 1. The minimum absolute atomic E-state index is 0.140. The Morgan fingerprint density at radius 3 is 2.56 bits per heavy atom. The number of anilines is 1. The highest BCUT2D eigenvalue weighted by Crippen LogP contribution is 2.45. The van der Waals surface area contributed by atoms with E-state index in [0.29, 0.717) is 42.8 Å². The van der Waals surface area contributed by atoms with Gasteiger partial charge in [0.2, 0.25) is 11.5 Å². The predicted molar refractivity (Wildman–Crippen MR) is 155 cm³/mol. The maximum Gasteiger partial charge on any atom is 0.407 e. The van der Waals surface area contributed by atoms with Gasteiger partial charge in [0.25, 0.3) is 11.8 Å². The second-order valence-electron chi connectivity index (χ2n) is 10.8. The number of piperidine rings is 1. The van der Waals surface area contributed by atoms with Crippen LogP contribution < -0.4 is 15.0 Å². The number of benzene rings is 2. The van der Waals surface area contributed by atoms with E-state index in [-0.39, 0.29) is 60.0 Å². The Bertz CT molecular complexity index is 1320. The fourth-order valence-corrected chi connectivity index (χ4v) is 5.77. The summed E-state index contributed by atoms with van der Waals surface area (Å²) in [6.07, 6.45) is 0.606. The summed E-state index contributed by atoms with van der Waals surface area (Å²) in [6, 6.07) is 11.7. The fourth-order valence-electron chi connectivity index (χ4n) is 5.54. The van der Waals surface area contributed by atoms with Crippen molar-refractivity contribution in [1.82, 2.24) is 15.1 Å². The van der Waals surface area contributed by atoms with Crippen LogP contribution in [0.25, 0.3) is 0 Å². The summed E-state index contributed by atoms with van der Waals surface area (Å²) in [6.45, 7) is 8.20. The average molecular weight is 585 g/mol. The molecular formula is C30H37ClN4O6. The highest BCUT2D eigenvalue weighted by Gasteiger charge is 2.46. The van der Waals surface area contributed by atoms with Crippen molar-refractivity contribution in [1.29, 1.82) is 0 Å². The molecule has 0 spiro atoms. The maximum atomic E-state index is 14.0. The molecule has 0 aliphatic carbocycles. The van der Waals surface area contributed by atoms with Crippen molar-refractivity contribution >= 4 is 41.1 Å². The van der Waals surface area contributed by atoms with Gasteiger partial charge in [-0.2, -0.15) is 0 Å². The topological polar surface area (TPSA) is 119 Å². The quantitative estimate of drug-likeness (QED) is 0.471. The van der Waals surface area contributed by atoms with Crippen molar-refractivity contribution in [3.8, 4) is 5.75 Å². The van der Waals surface area contributed by atoms with Gasteiger partial charge in [-0.1, -0.05) is 48.9 Å². The first-order chi connectivity index (χ1) is 19.5. The number of carbonyl (C=O) groups excluding carboxylic acids is 3. The molecule has 0 radical (unpaired) electrons. The first-order valence-corrected chi connectivity index (χ1v) is 14.3. The molecule has 0 bridgehead atoms. The number of nitrogens with one attached hydrogen (secondary N) is 1. The van der Waals surface area contributed by atoms with Crippen LogP contribution in [0.3, 0.4) is 0 Å². The Hall–Kier alpha value is -3.79. The Labute approximate surface area is 245 Å². The molecule has 2 heterocycles. The third-order valence-corrected chi connectivity index (χ3v) is 8.00. The van der Waals surface area contributed by atoms with Gasteiger partial charge in [-0.3, -0.25) is 14.4 Å². The molecule has 2 aliphatic heterocycles. The second-order valence-corrected chi connectivity index (χ2v) is 11.2. The van der Waals surface area contributed by atoms with Crippen LogP contribution in [0.5, 0.6) is 5.75 Å². The van der Waals surface area contributed by atoms with Gasteiger partial charge in [-0.15, -0.1) is 0 Å². The van der Waals surface area contributed by atoms with E-state index in [1.807, 2.05) is 44.2 Å². The molecule has 11 heteroatoms. The molecule has 1 unspecified atom stereocenters. The number of amides is 4. The lowest BCUT2D eigenvalue weighted by atomic mass is 9.91. The molecule has 0 saturated carbocycles. The fraction of sp³-hybridized carbons (Fsp3) is 0.467. The molecule has 4 amide bonds. The van der Waals surface area contributed by atoms with Gasteiger partial charge in [0.1, 0.15) is 5.75 Å². The van der Waals surface area contributed by atoms with E-state index in [2.05, 4.69) is 5.32 Å². The van der Waals surface area contributed by atoms with Gasteiger partial charge in [0, 0.05) is 50.3 Å². The summed E-state index contributed by atoms with van der Waals surface area (Å²) in [4.78, 5) is 56.1. The molecule has 1 fully saturated rings. The zero-order valence-electron chi connectivity index (χ0n) is 23.9. The van der Waals surface area contributed by atoms with Crippen LogP contribution >= 0.6 is 11.6 Å². The van der Waals surface area contributed by atoms with Gasteiger partial charge in [0.05, 0.1) is 22.3 Å². The van der Waals surface area contributed by atoms with Crippen molar-refractivity contribution in [2.75, 3.05) is 31.1 Å². The van der Waals surface area contributed by atoms with Crippen molar-refractivity contribution < 1.29 is 29.0 Å². The highest BCUT2D eigenvalue weighted by atomic mass is 35.5. The lowest BCUT2D eigenvalue weighted by Crippen LogP contribution is -2.54. The summed E-state index contributed by atoms with van der Waals surface area (Å²) < 4.78 is 6.32. The third kappa shape index (κ3) is 6.12. The van der Waals surface area contributed by atoms with Crippen LogP contribution in [0.15, 0.2) is 42.5 Å². The van der Waals surface area contributed by atoms with Crippen LogP contribution in [0.2, 0.25) is 5.02 Å². The number of fused-ring (bicyclic) bond motifs is 1. The molecule has 10 nitrogen and oxygen atoms in total. The summed E-state index contributed by atoms with van der Waals surface area (Å²) in [5, 5.41) is 12.5. The zero-order valence-corrected chi connectivity index (χ0v) is 24.6. The van der Waals surface area contributed by atoms with Gasteiger partial charge in [-0.05, 0) is 39.7 Å². The molecule has 2 aromatic rings. The lowest BCUT2D eigenvalue weighted by molar-refractivity contribution is -0.135. The summed E-state index contributed by atoms with van der Waals surface area (Å²) in [7, 11) is 0. The van der Waals surface area contributed by atoms with Crippen LogP contribution in [-0.2, 0) is 15.2 Å². The number of carboxylic acid groups (broad SMARTS) is 1. The second kappa shape index (κ2) is 12.4. The molecule has 1 saturated heterocycles. The van der Waals surface area contributed by atoms with Crippen LogP contribution in [0.1, 0.15) is 62.9 Å². The highest BCUT2D eigenvalue weighted by molar-refractivity contribution is 6.34. The zero-order chi connectivity index (χ0) is 29.9. The number of ether oxygens (including phenoxy) is 1. The minimum atomic E-state index is -1.36. The number of hydrogen-bond acceptors (Lipinski definition) is 5. The van der Waals surface area contributed by atoms with Crippen molar-refractivity contribution in [3.63, 3.8) is 0 Å². The minimum Gasteiger partial charge on any atom is -0.471 e. The maximum absolute atomic E-state index is 14.0. The number of nitrogens with zero attached hydrogens (tertiary/aromatic N) is 3. The van der Waals surface area contributed by atoms with E-state index in [1.54, 1.807) is 30.9 Å². The molecule has 220 valence electrons. The van der Waals surface area contributed by atoms with Crippen molar-refractivity contribution in [2.24, 2.45) is 0 Å². The smallest absolute Gasteiger partial charge is 0.407 e. The molecule has 41 heavy (non-hydrogen) atoms. The monoisotopic (exact) mass is 584 g/mol. The lowest BCUT2D eigenvalue weighted by Gasteiger charge is -2.42. The van der Waals surface area contributed by atoms with E-state index < -0.39 is 11.7 Å². The number of halogens is 1. The number of rotatable bonds is 8. The molecule has 2 aromatic carbocycles. The Morgan fingerprint density at radius 1 is 1.22 bits per heavy atom. The van der Waals surface area contributed by atoms with Crippen LogP contribution in [-0.4, -0.2) is 77.0 Å².